The number of fused-ring (bicyclic) bond motifs is 1. The molecule has 0 bridgehead atoms. The predicted octanol–water partition coefficient (Wildman–Crippen LogP) is 1.34. The number of hydrogen-bond donors (Lipinski definition) is 3. The Morgan fingerprint density at radius 1 is 0.750 bits per heavy atom. The van der Waals surface area contributed by atoms with E-state index in [9.17, 15) is 19.5 Å². The lowest BCUT2D eigenvalue weighted by Gasteiger charge is -2.37. The molecule has 0 spiro atoms. The van der Waals surface area contributed by atoms with Crippen LogP contribution >= 0.6 is 0 Å². The summed E-state index contributed by atoms with van der Waals surface area (Å²) in [7, 11) is 0. The molecule has 0 radical (unpaired) electrons. The molecule has 2 amide bonds. The molecule has 1 fully saturated rings. The van der Waals surface area contributed by atoms with Gasteiger partial charge in [0, 0.05) is 43.6 Å². The highest BCUT2D eigenvalue weighted by atomic mass is 16.3. The number of carbonyl (C=O) groups excluding carboxylic acids is 2. The molecule has 2 aliphatic rings. The third-order valence-electron chi connectivity index (χ3n) is 5.92. The molecule has 9 heteroatoms. The molecule has 3 aromatic rings. The summed E-state index contributed by atoms with van der Waals surface area (Å²) < 4.78 is 1.24. The minimum Gasteiger partial charge on any atom is -0.508 e. The number of hydrogen-bond acceptors (Lipinski definition) is 7. The number of piperazine rings is 1. The van der Waals surface area contributed by atoms with E-state index < -0.39 is 17.4 Å². The van der Waals surface area contributed by atoms with Crippen molar-refractivity contribution >= 4 is 29.0 Å². The molecule has 2 aliphatic heterocycles. The van der Waals surface area contributed by atoms with Crippen LogP contribution in [0.25, 0.3) is 5.69 Å². The predicted molar refractivity (Wildman–Crippen MR) is 121 cm³/mol. The Balaban J connectivity index is 1.35. The molecule has 1 saturated heterocycles. The van der Waals surface area contributed by atoms with E-state index in [2.05, 4.69) is 15.1 Å². The summed E-state index contributed by atoms with van der Waals surface area (Å²) in [6.45, 7) is 3.33. The molecule has 9 nitrogen and oxygen atoms in total. The molecule has 0 aliphatic carbocycles. The smallest absolute Gasteiger partial charge is 0.262 e. The topological polar surface area (TPSA) is 121 Å². The van der Waals surface area contributed by atoms with E-state index >= 15 is 0 Å². The summed E-state index contributed by atoms with van der Waals surface area (Å²) in [6.07, 6.45) is 0. The Bertz CT molecular complexity index is 1270. The lowest BCUT2D eigenvalue weighted by Crippen LogP contribution is -2.46. The van der Waals surface area contributed by atoms with Gasteiger partial charge in [-0.3, -0.25) is 24.3 Å². The average Bonchev–Trinajstić information content (AvgIpc) is 3.08. The quantitative estimate of drug-likeness (QED) is 0.535. The van der Waals surface area contributed by atoms with Gasteiger partial charge in [0.05, 0.1) is 16.8 Å². The molecule has 0 unspecified atom stereocenters. The van der Waals surface area contributed by atoms with Gasteiger partial charge in [-0.2, -0.15) is 0 Å². The number of carbonyl (C=O) groups is 2. The van der Waals surface area contributed by atoms with Crippen molar-refractivity contribution in [1.82, 2.24) is 9.88 Å². The Kier molecular flexibility index (Phi) is 4.58. The third kappa shape index (κ3) is 3.24. The van der Waals surface area contributed by atoms with Gasteiger partial charge in [-0.05, 0) is 48.5 Å². The summed E-state index contributed by atoms with van der Waals surface area (Å²) >= 11 is 0. The van der Waals surface area contributed by atoms with Crippen molar-refractivity contribution in [2.45, 2.75) is 0 Å². The van der Waals surface area contributed by atoms with Gasteiger partial charge in [0.25, 0.3) is 17.4 Å². The molecule has 2 aromatic carbocycles. The maximum absolute atomic E-state index is 12.6. The number of phenols is 1. The van der Waals surface area contributed by atoms with E-state index in [-0.39, 0.29) is 22.7 Å². The van der Waals surface area contributed by atoms with Gasteiger partial charge in [-0.25, -0.2) is 0 Å². The fraction of sp³-hybridized carbons (Fsp3) is 0.174. The third-order valence-corrected chi connectivity index (χ3v) is 5.92. The molecule has 4 N–H and O–H groups in total. The van der Waals surface area contributed by atoms with Gasteiger partial charge in [0.15, 0.2) is 0 Å². The molecular weight excluding hydrogens is 410 g/mol. The highest BCUT2D eigenvalue weighted by Crippen LogP contribution is 2.26. The van der Waals surface area contributed by atoms with E-state index in [0.29, 0.717) is 5.69 Å². The number of nitrogens with one attached hydrogen (secondary N) is 1. The molecule has 32 heavy (non-hydrogen) atoms. The fourth-order valence-corrected chi connectivity index (χ4v) is 4.24. The number of nitrogens with two attached hydrogens (primary N) is 1. The number of rotatable bonds is 3. The van der Waals surface area contributed by atoms with Crippen LogP contribution in [0.3, 0.4) is 0 Å². The van der Waals surface area contributed by atoms with Crippen molar-refractivity contribution < 1.29 is 14.7 Å². The molecule has 1 aromatic heterocycles. The number of aromatic hydroxyl groups is 1. The summed E-state index contributed by atoms with van der Waals surface area (Å²) in [5, 5.41) is 11.6. The number of amides is 2. The number of benzene rings is 2. The van der Waals surface area contributed by atoms with E-state index in [1.54, 1.807) is 24.3 Å². The molecule has 5 rings (SSSR count). The zero-order chi connectivity index (χ0) is 22.4. The number of anilines is 3. The molecule has 0 atom stereocenters. The number of phenolic OH excluding ortho intramolecular Hbond substituents is 1. The standard InChI is InChI=1S/C23H21N5O4/c24-21-20-18(22(31)25-23(20)32)13-19(30)28(21)16-3-1-14(2-4-16)26-9-11-27(12-10-26)15-5-7-17(29)8-6-15/h1-8,13,29H,9-12,24H2,(H,25,31,32). The van der Waals surface area contributed by atoms with Crippen LogP contribution < -0.4 is 26.4 Å². The van der Waals surface area contributed by atoms with E-state index in [4.69, 9.17) is 5.73 Å². The minimum absolute atomic E-state index is 0.0110. The normalized spacial score (nSPS) is 15.6. The Morgan fingerprint density at radius 2 is 1.25 bits per heavy atom. The van der Waals surface area contributed by atoms with Gasteiger partial charge in [-0.1, -0.05) is 0 Å². The van der Waals surface area contributed by atoms with Gasteiger partial charge in [0.1, 0.15) is 11.6 Å². The summed E-state index contributed by atoms with van der Waals surface area (Å²) in [5.41, 5.74) is 8.28. The lowest BCUT2D eigenvalue weighted by atomic mass is 10.1. The van der Waals surface area contributed by atoms with Gasteiger partial charge in [0.2, 0.25) is 0 Å². The second-order valence-corrected chi connectivity index (χ2v) is 7.78. The van der Waals surface area contributed by atoms with Gasteiger partial charge in [-0.15, -0.1) is 0 Å². The molecule has 162 valence electrons. The number of aromatic nitrogens is 1. The largest absolute Gasteiger partial charge is 0.508 e. The monoisotopic (exact) mass is 431 g/mol. The maximum atomic E-state index is 12.6. The van der Waals surface area contributed by atoms with Crippen molar-refractivity contribution in [3.05, 3.63) is 76.1 Å². The Hall–Kier alpha value is -4.27. The highest BCUT2D eigenvalue weighted by Gasteiger charge is 2.31. The van der Waals surface area contributed by atoms with Crippen LogP contribution in [-0.4, -0.2) is 47.7 Å². The molecule has 3 heterocycles. The van der Waals surface area contributed by atoms with Crippen LogP contribution in [0, 0.1) is 0 Å². The number of pyridine rings is 1. The zero-order valence-electron chi connectivity index (χ0n) is 17.1. The second-order valence-electron chi connectivity index (χ2n) is 7.78. The fourth-order valence-electron chi connectivity index (χ4n) is 4.24. The van der Waals surface area contributed by atoms with Gasteiger partial charge < -0.3 is 20.6 Å². The lowest BCUT2D eigenvalue weighted by molar-refractivity contribution is 0.0880. The van der Waals surface area contributed by atoms with Crippen LogP contribution in [0.1, 0.15) is 20.7 Å². The van der Waals surface area contributed by atoms with Crippen molar-refractivity contribution in [3.8, 4) is 11.4 Å². The van der Waals surface area contributed by atoms with Crippen molar-refractivity contribution in [2.24, 2.45) is 0 Å². The van der Waals surface area contributed by atoms with Crippen LogP contribution in [0.2, 0.25) is 0 Å². The summed E-state index contributed by atoms with van der Waals surface area (Å²) in [5.74, 6) is -1.00. The van der Waals surface area contributed by atoms with E-state index in [1.807, 2.05) is 24.3 Å². The zero-order valence-corrected chi connectivity index (χ0v) is 17.1. The first-order chi connectivity index (χ1) is 15.4. The van der Waals surface area contributed by atoms with Gasteiger partial charge >= 0.3 is 0 Å². The second kappa shape index (κ2) is 7.45. The highest BCUT2D eigenvalue weighted by molar-refractivity contribution is 6.23. The van der Waals surface area contributed by atoms with Crippen LogP contribution in [0.4, 0.5) is 17.2 Å². The van der Waals surface area contributed by atoms with E-state index in [0.717, 1.165) is 43.6 Å². The summed E-state index contributed by atoms with van der Waals surface area (Å²) in [6, 6.07) is 15.7. The van der Waals surface area contributed by atoms with Crippen molar-refractivity contribution in [3.63, 3.8) is 0 Å². The first-order valence-corrected chi connectivity index (χ1v) is 10.2. The van der Waals surface area contributed by atoms with Crippen molar-refractivity contribution in [1.29, 1.82) is 0 Å². The number of imide groups is 1. The number of nitrogens with zero attached hydrogens (tertiary/aromatic N) is 3. The Labute approximate surface area is 183 Å². The summed E-state index contributed by atoms with van der Waals surface area (Å²) in [4.78, 5) is 41.0. The maximum Gasteiger partial charge on any atom is 0.262 e. The first kappa shape index (κ1) is 19.7. The first-order valence-electron chi connectivity index (χ1n) is 10.2. The van der Waals surface area contributed by atoms with Crippen LogP contribution in [-0.2, 0) is 0 Å². The minimum atomic E-state index is -0.609. The average molecular weight is 431 g/mol. The molecule has 0 saturated carbocycles. The van der Waals surface area contributed by atoms with Crippen LogP contribution in [0.5, 0.6) is 5.75 Å². The SMILES string of the molecule is Nc1c2c(cc(=O)n1-c1ccc(N3CCN(c4ccc(O)cc4)CC3)cc1)C(=O)NC2=O. The Morgan fingerprint density at radius 3 is 1.81 bits per heavy atom. The number of nitrogen functional groups attached to an aromatic ring is 1. The van der Waals surface area contributed by atoms with Crippen molar-refractivity contribution in [2.75, 3.05) is 41.7 Å². The molecular formula is C23H21N5O4. The van der Waals surface area contributed by atoms with E-state index in [1.165, 1.54) is 4.57 Å². The van der Waals surface area contributed by atoms with Crippen LogP contribution in [0.15, 0.2) is 59.4 Å².